The second-order valence-corrected chi connectivity index (χ2v) is 5.15. The zero-order valence-electron chi connectivity index (χ0n) is 12.6. The molecule has 2 heterocycles. The van der Waals surface area contributed by atoms with Gasteiger partial charge in [-0.15, -0.1) is 5.10 Å². The molecule has 25 heavy (non-hydrogen) atoms. The molecule has 0 saturated heterocycles. The molecule has 1 aromatic carbocycles. The third-order valence-corrected chi connectivity index (χ3v) is 3.49. The van der Waals surface area contributed by atoms with Crippen molar-refractivity contribution in [1.82, 2.24) is 30.7 Å². The Kier molecular flexibility index (Phi) is 4.39. The summed E-state index contributed by atoms with van der Waals surface area (Å²) in [6.07, 6.45) is 1.09. The number of benzene rings is 1. The number of rotatable bonds is 4. The molecule has 0 atom stereocenters. The summed E-state index contributed by atoms with van der Waals surface area (Å²) in [5, 5.41) is 18.3. The lowest BCUT2D eigenvalue weighted by atomic mass is 10.2. The van der Waals surface area contributed by atoms with Gasteiger partial charge in [0.15, 0.2) is 5.69 Å². The van der Waals surface area contributed by atoms with Gasteiger partial charge in [0.25, 0.3) is 5.91 Å². The Labute approximate surface area is 144 Å². The van der Waals surface area contributed by atoms with E-state index in [1.54, 1.807) is 6.92 Å². The minimum absolute atomic E-state index is 0.00725. The number of nitrogens with zero attached hydrogens (tertiary/aromatic N) is 6. The molecule has 3 rings (SSSR count). The number of hydrazone groups is 1. The van der Waals surface area contributed by atoms with Crippen LogP contribution in [0.25, 0.3) is 5.82 Å². The van der Waals surface area contributed by atoms with Crippen LogP contribution in [0.1, 0.15) is 21.7 Å². The fourth-order valence-corrected chi connectivity index (χ4v) is 2.13. The topological polar surface area (TPSA) is 137 Å². The van der Waals surface area contributed by atoms with E-state index in [-0.39, 0.29) is 27.9 Å². The highest BCUT2D eigenvalue weighted by atomic mass is 35.5. The SMILES string of the molecule is Cc1c(C(=O)N/N=C\c2c(F)cccc2Cl)nnn1-c1nonc1N. The fourth-order valence-electron chi connectivity index (χ4n) is 1.92. The number of carbonyl (C=O) groups excluding carboxylic acids is 1. The fraction of sp³-hybridized carbons (Fsp3) is 0.0769. The van der Waals surface area contributed by atoms with E-state index in [0.29, 0.717) is 5.69 Å². The zero-order valence-corrected chi connectivity index (χ0v) is 13.4. The Bertz CT molecular complexity index is 947. The second-order valence-electron chi connectivity index (χ2n) is 4.74. The van der Waals surface area contributed by atoms with Crippen LogP contribution in [0.3, 0.4) is 0 Å². The predicted octanol–water partition coefficient (Wildman–Crippen LogP) is 1.10. The Hall–Kier alpha value is -3.34. The van der Waals surface area contributed by atoms with Crippen LogP contribution in [0.2, 0.25) is 5.02 Å². The van der Waals surface area contributed by atoms with Crippen molar-refractivity contribution < 1.29 is 13.8 Å². The van der Waals surface area contributed by atoms with Gasteiger partial charge in [0.1, 0.15) is 5.82 Å². The molecule has 0 fully saturated rings. The van der Waals surface area contributed by atoms with Crippen molar-refractivity contribution in [1.29, 1.82) is 0 Å². The first kappa shape index (κ1) is 16.5. The molecular weight excluding hydrogens is 355 g/mol. The van der Waals surface area contributed by atoms with E-state index >= 15 is 0 Å². The average Bonchev–Trinajstić information content (AvgIpc) is 3.15. The summed E-state index contributed by atoms with van der Waals surface area (Å²) in [4.78, 5) is 12.1. The van der Waals surface area contributed by atoms with E-state index in [1.807, 2.05) is 0 Å². The smallest absolute Gasteiger partial charge is 0.293 e. The Balaban J connectivity index is 1.78. The summed E-state index contributed by atoms with van der Waals surface area (Å²) < 4.78 is 19.3. The molecule has 0 bridgehead atoms. The molecule has 0 aliphatic rings. The van der Waals surface area contributed by atoms with Gasteiger partial charge >= 0.3 is 0 Å². The number of amides is 1. The number of hydrogen-bond acceptors (Lipinski definition) is 8. The number of hydrogen-bond donors (Lipinski definition) is 2. The van der Waals surface area contributed by atoms with Gasteiger partial charge in [-0.05, 0) is 29.4 Å². The molecule has 12 heteroatoms. The molecule has 0 saturated carbocycles. The molecule has 0 aliphatic carbocycles. The average molecular weight is 365 g/mol. The molecule has 3 aromatic rings. The third-order valence-electron chi connectivity index (χ3n) is 3.17. The van der Waals surface area contributed by atoms with Crippen LogP contribution in [-0.2, 0) is 0 Å². The van der Waals surface area contributed by atoms with E-state index < -0.39 is 11.7 Å². The van der Waals surface area contributed by atoms with E-state index in [0.717, 1.165) is 6.21 Å². The lowest BCUT2D eigenvalue weighted by Gasteiger charge is -2.00. The van der Waals surface area contributed by atoms with Crippen LogP contribution >= 0.6 is 11.6 Å². The lowest BCUT2D eigenvalue weighted by molar-refractivity contribution is 0.0949. The van der Waals surface area contributed by atoms with Crippen LogP contribution in [-0.4, -0.2) is 37.4 Å². The number of nitrogens with one attached hydrogen (secondary N) is 1. The van der Waals surface area contributed by atoms with Crippen molar-refractivity contribution in [2.45, 2.75) is 6.92 Å². The minimum Gasteiger partial charge on any atom is -0.378 e. The Morgan fingerprint density at radius 2 is 2.28 bits per heavy atom. The van der Waals surface area contributed by atoms with E-state index in [4.69, 9.17) is 17.3 Å². The lowest BCUT2D eigenvalue weighted by Crippen LogP contribution is -2.19. The number of carbonyl (C=O) groups is 1. The molecule has 0 unspecified atom stereocenters. The van der Waals surface area contributed by atoms with Crippen LogP contribution < -0.4 is 11.2 Å². The summed E-state index contributed by atoms with van der Waals surface area (Å²) in [6, 6.07) is 4.18. The monoisotopic (exact) mass is 364 g/mol. The number of halogens is 2. The summed E-state index contributed by atoms with van der Waals surface area (Å²) in [7, 11) is 0. The van der Waals surface area contributed by atoms with Crippen molar-refractivity contribution in [3.63, 3.8) is 0 Å². The molecule has 1 amide bonds. The van der Waals surface area contributed by atoms with Gasteiger partial charge < -0.3 is 5.73 Å². The van der Waals surface area contributed by atoms with Crippen molar-refractivity contribution in [3.05, 3.63) is 46.0 Å². The highest BCUT2D eigenvalue weighted by Crippen LogP contribution is 2.17. The number of anilines is 1. The van der Waals surface area contributed by atoms with Gasteiger partial charge in [-0.3, -0.25) is 4.79 Å². The van der Waals surface area contributed by atoms with E-state index in [1.165, 1.54) is 22.9 Å². The summed E-state index contributed by atoms with van der Waals surface area (Å²) in [5.74, 6) is -1.14. The van der Waals surface area contributed by atoms with E-state index in [9.17, 15) is 9.18 Å². The van der Waals surface area contributed by atoms with Crippen LogP contribution in [0.4, 0.5) is 10.2 Å². The highest BCUT2D eigenvalue weighted by molar-refractivity contribution is 6.33. The van der Waals surface area contributed by atoms with Crippen molar-refractivity contribution in [2.24, 2.45) is 5.10 Å². The van der Waals surface area contributed by atoms with Gasteiger partial charge in [0.05, 0.1) is 16.9 Å². The molecule has 128 valence electrons. The van der Waals surface area contributed by atoms with E-state index in [2.05, 4.69) is 35.8 Å². The summed E-state index contributed by atoms with van der Waals surface area (Å²) >= 11 is 5.86. The number of aromatic nitrogens is 5. The Morgan fingerprint density at radius 1 is 1.48 bits per heavy atom. The summed E-state index contributed by atoms with van der Waals surface area (Å²) in [5.41, 5.74) is 8.14. The van der Waals surface area contributed by atoms with Gasteiger partial charge in [0.2, 0.25) is 11.6 Å². The second kappa shape index (κ2) is 6.65. The quantitative estimate of drug-likeness (QED) is 0.522. The molecular formula is C13H10ClFN8O2. The van der Waals surface area contributed by atoms with Crippen molar-refractivity contribution in [2.75, 3.05) is 5.73 Å². The molecule has 2 aromatic heterocycles. The normalized spacial score (nSPS) is 11.2. The first-order valence-electron chi connectivity index (χ1n) is 6.77. The van der Waals surface area contributed by atoms with Gasteiger partial charge in [-0.2, -0.15) is 9.78 Å². The number of nitrogens with two attached hydrogens (primary N) is 1. The first-order chi connectivity index (χ1) is 12.0. The summed E-state index contributed by atoms with van der Waals surface area (Å²) in [6.45, 7) is 1.57. The maximum absolute atomic E-state index is 13.6. The largest absolute Gasteiger partial charge is 0.378 e. The third kappa shape index (κ3) is 3.17. The maximum atomic E-state index is 13.6. The molecule has 0 aliphatic heterocycles. The van der Waals surface area contributed by atoms with Gasteiger partial charge in [0, 0.05) is 5.56 Å². The maximum Gasteiger partial charge on any atom is 0.293 e. The number of nitrogen functional groups attached to an aromatic ring is 1. The highest BCUT2D eigenvalue weighted by Gasteiger charge is 2.20. The Morgan fingerprint density at radius 3 is 2.96 bits per heavy atom. The molecule has 10 nitrogen and oxygen atoms in total. The predicted molar refractivity (Wildman–Crippen MR) is 84.8 cm³/mol. The van der Waals surface area contributed by atoms with Crippen molar-refractivity contribution in [3.8, 4) is 5.82 Å². The first-order valence-corrected chi connectivity index (χ1v) is 7.15. The van der Waals surface area contributed by atoms with Crippen LogP contribution in [0, 0.1) is 12.7 Å². The molecule has 3 N–H and O–H groups in total. The van der Waals surface area contributed by atoms with Gasteiger partial charge in [-0.25, -0.2) is 14.4 Å². The minimum atomic E-state index is -0.664. The molecule has 0 radical (unpaired) electrons. The molecule has 0 spiro atoms. The van der Waals surface area contributed by atoms with Crippen LogP contribution in [0.5, 0.6) is 0 Å². The van der Waals surface area contributed by atoms with Crippen molar-refractivity contribution >= 4 is 29.5 Å². The van der Waals surface area contributed by atoms with Crippen LogP contribution in [0.15, 0.2) is 27.9 Å². The standard InChI is InChI=1S/C13H10ClFN8O2/c1-6-10(18-22-23(6)12-11(16)20-25-21-12)13(24)19-17-5-7-8(14)3-2-4-9(7)15/h2-5H,1H3,(H2,16,20)(H,19,24)/b17-5-. The zero-order chi connectivity index (χ0) is 18.0. The van der Waals surface area contributed by atoms with Gasteiger partial charge in [-0.1, -0.05) is 22.9 Å².